The van der Waals surface area contributed by atoms with Crippen molar-refractivity contribution in [2.75, 3.05) is 6.54 Å². The predicted molar refractivity (Wildman–Crippen MR) is 71.1 cm³/mol. The van der Waals surface area contributed by atoms with Crippen molar-refractivity contribution < 1.29 is 4.79 Å². The normalized spacial score (nSPS) is 22.3. The first-order valence-electron chi connectivity index (χ1n) is 6.91. The number of fused-ring (bicyclic) bond motifs is 1. The average molecular weight is 244 g/mol. The van der Waals surface area contributed by atoms with Crippen LogP contribution in [0.1, 0.15) is 30.4 Å². The molecule has 0 aromatic heterocycles. The van der Waals surface area contributed by atoms with Gasteiger partial charge in [-0.15, -0.1) is 0 Å². The molecule has 3 rings (SSSR count). The molecule has 1 aliphatic carbocycles. The van der Waals surface area contributed by atoms with Gasteiger partial charge in [-0.2, -0.15) is 0 Å². The molecule has 18 heavy (non-hydrogen) atoms. The van der Waals surface area contributed by atoms with Crippen LogP contribution in [0.2, 0.25) is 0 Å². The zero-order chi connectivity index (χ0) is 12.4. The molecule has 3 nitrogen and oxygen atoms in total. The Labute approximate surface area is 108 Å². The lowest BCUT2D eigenvalue weighted by atomic mass is 9.95. The van der Waals surface area contributed by atoms with Gasteiger partial charge in [-0.05, 0) is 29.9 Å². The molecule has 2 N–H and O–H groups in total. The van der Waals surface area contributed by atoms with Crippen molar-refractivity contribution in [2.24, 2.45) is 5.92 Å². The average Bonchev–Trinajstić information content (AvgIpc) is 3.22. The van der Waals surface area contributed by atoms with Crippen molar-refractivity contribution >= 4 is 5.91 Å². The molecule has 1 amide bonds. The highest BCUT2D eigenvalue weighted by atomic mass is 16.2. The largest absolute Gasteiger partial charge is 0.355 e. The minimum absolute atomic E-state index is 0.0564. The van der Waals surface area contributed by atoms with Crippen molar-refractivity contribution in [2.45, 2.75) is 38.3 Å². The minimum atomic E-state index is -0.0564. The third-order valence-electron chi connectivity index (χ3n) is 3.95. The Morgan fingerprint density at radius 1 is 1.28 bits per heavy atom. The van der Waals surface area contributed by atoms with Crippen LogP contribution < -0.4 is 10.6 Å². The van der Waals surface area contributed by atoms with Crippen molar-refractivity contribution in [1.29, 1.82) is 0 Å². The molecule has 0 spiro atoms. The first kappa shape index (κ1) is 11.7. The van der Waals surface area contributed by atoms with E-state index in [1.54, 1.807) is 0 Å². The van der Waals surface area contributed by atoms with Crippen molar-refractivity contribution in [1.82, 2.24) is 10.6 Å². The summed E-state index contributed by atoms with van der Waals surface area (Å²) in [7, 11) is 0. The van der Waals surface area contributed by atoms with E-state index >= 15 is 0 Å². The van der Waals surface area contributed by atoms with Gasteiger partial charge in [0.1, 0.15) is 0 Å². The number of amides is 1. The number of nitrogens with one attached hydrogen (secondary N) is 2. The molecule has 0 radical (unpaired) electrons. The second-order valence-electron chi connectivity index (χ2n) is 5.43. The number of carbonyl (C=O) groups is 1. The number of benzene rings is 1. The molecule has 1 fully saturated rings. The molecule has 2 aliphatic rings. The summed E-state index contributed by atoms with van der Waals surface area (Å²) in [6, 6.07) is 8.30. The van der Waals surface area contributed by atoms with Crippen molar-refractivity contribution in [3.05, 3.63) is 35.4 Å². The first-order valence-corrected chi connectivity index (χ1v) is 6.91. The molecule has 1 saturated carbocycles. The number of hydrogen-bond donors (Lipinski definition) is 2. The molecule has 0 unspecified atom stereocenters. The summed E-state index contributed by atoms with van der Waals surface area (Å²) in [5.41, 5.74) is 2.62. The smallest absolute Gasteiger partial charge is 0.237 e. The summed E-state index contributed by atoms with van der Waals surface area (Å²) < 4.78 is 0. The fraction of sp³-hybridized carbons (Fsp3) is 0.533. The summed E-state index contributed by atoms with van der Waals surface area (Å²) >= 11 is 0. The van der Waals surface area contributed by atoms with Crippen LogP contribution in [0.5, 0.6) is 0 Å². The Hall–Kier alpha value is -1.35. The van der Waals surface area contributed by atoms with Gasteiger partial charge in [-0.25, -0.2) is 0 Å². The van der Waals surface area contributed by atoms with E-state index in [9.17, 15) is 4.79 Å². The van der Waals surface area contributed by atoms with Crippen LogP contribution in [-0.2, 0) is 17.8 Å². The highest BCUT2D eigenvalue weighted by Crippen LogP contribution is 2.31. The van der Waals surface area contributed by atoms with E-state index in [2.05, 4.69) is 28.8 Å². The van der Waals surface area contributed by atoms with Crippen molar-refractivity contribution in [3.8, 4) is 0 Å². The van der Waals surface area contributed by atoms with E-state index in [-0.39, 0.29) is 11.9 Å². The van der Waals surface area contributed by atoms with Crippen LogP contribution in [0.3, 0.4) is 0 Å². The summed E-state index contributed by atoms with van der Waals surface area (Å²) in [4.78, 5) is 12.0. The van der Waals surface area contributed by atoms with Crippen LogP contribution in [0.15, 0.2) is 24.3 Å². The molecule has 1 heterocycles. The summed E-state index contributed by atoms with van der Waals surface area (Å²) in [6.45, 7) is 1.64. The third kappa shape index (κ3) is 2.72. The van der Waals surface area contributed by atoms with Gasteiger partial charge in [0, 0.05) is 13.1 Å². The Bertz CT molecular complexity index is 440. The molecule has 1 aromatic carbocycles. The number of rotatable bonds is 4. The Morgan fingerprint density at radius 3 is 2.83 bits per heavy atom. The molecular weight excluding hydrogens is 224 g/mol. The van der Waals surface area contributed by atoms with Crippen LogP contribution in [0.4, 0.5) is 0 Å². The topological polar surface area (TPSA) is 41.1 Å². The Morgan fingerprint density at radius 2 is 2.06 bits per heavy atom. The van der Waals surface area contributed by atoms with E-state index < -0.39 is 0 Å². The van der Waals surface area contributed by atoms with Gasteiger partial charge in [0.15, 0.2) is 0 Å². The van der Waals surface area contributed by atoms with Gasteiger partial charge in [0.2, 0.25) is 5.91 Å². The second-order valence-corrected chi connectivity index (χ2v) is 5.43. The fourth-order valence-electron chi connectivity index (χ4n) is 2.57. The van der Waals surface area contributed by atoms with E-state index in [1.807, 2.05) is 6.07 Å². The fourth-order valence-corrected chi connectivity index (χ4v) is 2.57. The van der Waals surface area contributed by atoms with Gasteiger partial charge < -0.3 is 10.6 Å². The zero-order valence-electron chi connectivity index (χ0n) is 10.6. The lowest BCUT2D eigenvalue weighted by Crippen LogP contribution is -2.47. The number of carbonyl (C=O) groups excluding carboxylic acids is 1. The molecule has 1 aromatic rings. The minimum Gasteiger partial charge on any atom is -0.355 e. The standard InChI is InChI=1S/C15H20N2O/c18-15(16-8-7-11-5-6-11)14-9-12-3-1-2-4-13(12)10-17-14/h1-4,11,14,17H,5-10H2,(H,16,18)/t14-/m1/s1. The molecule has 3 heteroatoms. The van der Waals surface area contributed by atoms with Crippen LogP contribution in [0, 0.1) is 5.92 Å². The maximum Gasteiger partial charge on any atom is 0.237 e. The number of hydrogen-bond acceptors (Lipinski definition) is 2. The maximum atomic E-state index is 12.0. The molecule has 1 atom stereocenters. The van der Waals surface area contributed by atoms with E-state index in [1.165, 1.54) is 24.0 Å². The summed E-state index contributed by atoms with van der Waals surface area (Å²) in [6.07, 6.45) is 4.66. The van der Waals surface area contributed by atoms with Gasteiger partial charge in [-0.3, -0.25) is 4.79 Å². The van der Waals surface area contributed by atoms with Crippen molar-refractivity contribution in [3.63, 3.8) is 0 Å². The SMILES string of the molecule is O=C(NCCC1CC1)[C@H]1Cc2ccccc2CN1. The quantitative estimate of drug-likeness (QED) is 0.845. The summed E-state index contributed by atoms with van der Waals surface area (Å²) in [5, 5.41) is 6.37. The third-order valence-corrected chi connectivity index (χ3v) is 3.95. The predicted octanol–water partition coefficient (Wildman–Crippen LogP) is 1.62. The lowest BCUT2D eigenvalue weighted by molar-refractivity contribution is -0.123. The van der Waals surface area contributed by atoms with Crippen LogP contribution in [-0.4, -0.2) is 18.5 Å². The second kappa shape index (κ2) is 5.11. The molecule has 1 aliphatic heterocycles. The van der Waals surface area contributed by atoms with Gasteiger partial charge in [0.25, 0.3) is 0 Å². The molecule has 0 bridgehead atoms. The lowest BCUT2D eigenvalue weighted by Gasteiger charge is -2.25. The van der Waals surface area contributed by atoms with Gasteiger partial charge >= 0.3 is 0 Å². The monoisotopic (exact) mass is 244 g/mol. The highest BCUT2D eigenvalue weighted by Gasteiger charge is 2.25. The van der Waals surface area contributed by atoms with Crippen LogP contribution >= 0.6 is 0 Å². The van der Waals surface area contributed by atoms with E-state index in [0.29, 0.717) is 0 Å². The molecular formula is C15H20N2O. The molecule has 96 valence electrons. The van der Waals surface area contributed by atoms with E-state index in [4.69, 9.17) is 0 Å². The molecule has 0 saturated heterocycles. The van der Waals surface area contributed by atoms with E-state index in [0.717, 1.165) is 31.8 Å². The zero-order valence-corrected chi connectivity index (χ0v) is 10.6. The first-order chi connectivity index (χ1) is 8.83. The summed E-state index contributed by atoms with van der Waals surface area (Å²) in [5.74, 6) is 1.04. The van der Waals surface area contributed by atoms with Gasteiger partial charge in [0.05, 0.1) is 6.04 Å². The highest BCUT2D eigenvalue weighted by molar-refractivity contribution is 5.82. The van der Waals surface area contributed by atoms with Gasteiger partial charge in [-0.1, -0.05) is 37.1 Å². The Kier molecular flexibility index (Phi) is 3.33. The Balaban J connectivity index is 1.52. The van der Waals surface area contributed by atoms with Crippen LogP contribution in [0.25, 0.3) is 0 Å². The maximum absolute atomic E-state index is 12.0.